The van der Waals surface area contributed by atoms with E-state index < -0.39 is 11.9 Å². The zero-order valence-electron chi connectivity index (χ0n) is 23.0. The normalized spacial score (nSPS) is 10.3. The number of nitrogens with zero attached hydrogens (tertiary/aromatic N) is 1. The van der Waals surface area contributed by atoms with E-state index in [4.69, 9.17) is 18.9 Å². The van der Waals surface area contributed by atoms with Crippen molar-refractivity contribution in [3.05, 3.63) is 127 Å². The van der Waals surface area contributed by atoms with Crippen LogP contribution in [0.5, 0.6) is 11.5 Å². The Balaban J connectivity index is 1.57. The smallest absolute Gasteiger partial charge is 0.335 e. The highest BCUT2D eigenvalue weighted by molar-refractivity contribution is 5.86. The Kier molecular flexibility index (Phi) is 9.57. The number of anilines is 3. The van der Waals surface area contributed by atoms with Gasteiger partial charge in [0.05, 0.1) is 0 Å². The van der Waals surface area contributed by atoms with E-state index in [2.05, 4.69) is 73.5 Å². The van der Waals surface area contributed by atoms with Gasteiger partial charge in [0.25, 0.3) is 0 Å². The maximum Gasteiger partial charge on any atom is 0.335 e. The zero-order chi connectivity index (χ0) is 29.2. The molecular weight excluding hydrogens is 518 g/mol. The summed E-state index contributed by atoms with van der Waals surface area (Å²) >= 11 is 0. The van der Waals surface area contributed by atoms with E-state index in [-0.39, 0.29) is 13.6 Å². The number of carbonyl (C=O) groups is 2. The van der Waals surface area contributed by atoms with Gasteiger partial charge in [-0.2, -0.15) is 0 Å². The topological polar surface area (TPSA) is 74.3 Å². The highest BCUT2D eigenvalue weighted by Crippen LogP contribution is 2.37. The molecule has 0 aliphatic heterocycles. The Morgan fingerprint density at radius 2 is 1.10 bits per heavy atom. The summed E-state index contributed by atoms with van der Waals surface area (Å²) in [6.45, 7) is 10.2. The molecule has 0 spiro atoms. The van der Waals surface area contributed by atoms with Crippen molar-refractivity contribution in [3.8, 4) is 22.6 Å². The van der Waals surface area contributed by atoms with Gasteiger partial charge in [-0.25, -0.2) is 9.59 Å². The van der Waals surface area contributed by atoms with Crippen molar-refractivity contribution >= 4 is 29.0 Å². The second kappa shape index (κ2) is 13.7. The van der Waals surface area contributed by atoms with Gasteiger partial charge in [-0.1, -0.05) is 55.1 Å². The van der Waals surface area contributed by atoms with Crippen LogP contribution in [-0.2, 0) is 19.1 Å². The summed E-state index contributed by atoms with van der Waals surface area (Å²) in [6, 6.07) is 31.6. The van der Waals surface area contributed by atoms with E-state index in [1.165, 1.54) is 5.56 Å². The minimum atomic E-state index is -0.553. The maximum absolute atomic E-state index is 11.6. The van der Waals surface area contributed by atoms with Crippen LogP contribution in [0.25, 0.3) is 11.1 Å². The van der Waals surface area contributed by atoms with E-state index in [9.17, 15) is 9.59 Å². The minimum Gasteiger partial charge on any atom is -0.457 e. The Bertz CT molecular complexity index is 1490. The van der Waals surface area contributed by atoms with Gasteiger partial charge in [-0.3, -0.25) is 0 Å². The molecule has 0 aromatic heterocycles. The van der Waals surface area contributed by atoms with Gasteiger partial charge < -0.3 is 23.8 Å². The van der Waals surface area contributed by atoms with E-state index in [1.54, 1.807) is 19.1 Å². The van der Waals surface area contributed by atoms with Crippen molar-refractivity contribution in [1.29, 1.82) is 0 Å². The number of hydrogen-bond donors (Lipinski definition) is 0. The SMILES string of the molecule is C=CC(=O)OCOc1ccc(N(c2ccc(OCOC(=O)C(=C)C)cc2)c2ccc(-c3ccc(C)cc3)cc2)cc1. The monoisotopic (exact) mass is 549 g/mol. The Labute approximate surface area is 239 Å². The number of benzene rings is 4. The van der Waals surface area contributed by atoms with Crippen LogP contribution in [0.3, 0.4) is 0 Å². The lowest BCUT2D eigenvalue weighted by Gasteiger charge is -2.26. The number of ether oxygens (including phenoxy) is 4. The molecule has 4 aromatic carbocycles. The molecule has 0 amide bonds. The first-order valence-electron chi connectivity index (χ1n) is 12.9. The molecular formula is C34H31NO6. The van der Waals surface area contributed by atoms with Gasteiger partial charge in [-0.05, 0) is 85.6 Å². The molecule has 0 saturated carbocycles. The summed E-state index contributed by atoms with van der Waals surface area (Å²) in [7, 11) is 0. The quantitative estimate of drug-likeness (QED) is 0.102. The van der Waals surface area contributed by atoms with Crippen molar-refractivity contribution in [1.82, 2.24) is 0 Å². The van der Waals surface area contributed by atoms with Crippen molar-refractivity contribution in [3.63, 3.8) is 0 Å². The molecule has 208 valence electrons. The molecule has 0 atom stereocenters. The number of esters is 2. The van der Waals surface area contributed by atoms with E-state index in [1.807, 2.05) is 36.4 Å². The van der Waals surface area contributed by atoms with Crippen molar-refractivity contribution in [2.75, 3.05) is 18.5 Å². The second-order valence-electron chi connectivity index (χ2n) is 9.14. The molecule has 7 nitrogen and oxygen atoms in total. The van der Waals surface area contributed by atoms with E-state index >= 15 is 0 Å². The predicted octanol–water partition coefficient (Wildman–Crippen LogP) is 7.65. The summed E-state index contributed by atoms with van der Waals surface area (Å²) < 4.78 is 21.0. The lowest BCUT2D eigenvalue weighted by Crippen LogP contribution is -2.11. The Morgan fingerprint density at radius 1 is 0.683 bits per heavy atom. The van der Waals surface area contributed by atoms with Gasteiger partial charge >= 0.3 is 11.9 Å². The largest absolute Gasteiger partial charge is 0.457 e. The summed E-state index contributed by atoms with van der Waals surface area (Å²) in [5.74, 6) is 0.0422. The molecule has 7 heteroatoms. The molecule has 0 unspecified atom stereocenters. The average molecular weight is 550 g/mol. The lowest BCUT2D eigenvalue weighted by molar-refractivity contribution is -0.145. The van der Waals surface area contributed by atoms with Crippen molar-refractivity contribution < 1.29 is 28.5 Å². The standard InChI is InChI=1S/C34H31NO6/c1-5-33(36)40-22-38-31-18-14-29(15-19-31)35(28-12-10-27(11-13-28)26-8-6-25(4)7-9-26)30-16-20-32(21-17-30)39-23-41-34(37)24(2)3/h5-21H,1-2,22-23H2,3-4H3. The van der Waals surface area contributed by atoms with Crippen LogP contribution < -0.4 is 14.4 Å². The average Bonchev–Trinajstić information content (AvgIpc) is 2.99. The third kappa shape index (κ3) is 7.86. The number of rotatable bonds is 12. The van der Waals surface area contributed by atoms with Crippen LogP contribution >= 0.6 is 0 Å². The first-order chi connectivity index (χ1) is 19.8. The summed E-state index contributed by atoms with van der Waals surface area (Å²) in [6.07, 6.45) is 1.08. The highest BCUT2D eigenvalue weighted by atomic mass is 16.7. The molecule has 0 fully saturated rings. The molecule has 0 radical (unpaired) electrons. The second-order valence-corrected chi connectivity index (χ2v) is 9.14. The maximum atomic E-state index is 11.6. The highest BCUT2D eigenvalue weighted by Gasteiger charge is 2.14. The molecule has 0 bridgehead atoms. The van der Waals surface area contributed by atoms with Crippen LogP contribution in [0, 0.1) is 6.92 Å². The van der Waals surface area contributed by atoms with E-state index in [0.717, 1.165) is 34.3 Å². The molecule has 0 aliphatic carbocycles. The molecule has 41 heavy (non-hydrogen) atoms. The minimum absolute atomic E-state index is 0.210. The Morgan fingerprint density at radius 3 is 1.54 bits per heavy atom. The molecule has 0 saturated heterocycles. The van der Waals surface area contributed by atoms with Gasteiger partial charge in [0, 0.05) is 28.7 Å². The van der Waals surface area contributed by atoms with Crippen molar-refractivity contribution in [2.24, 2.45) is 0 Å². The van der Waals surface area contributed by atoms with Gasteiger partial charge in [-0.15, -0.1) is 0 Å². The Hall–Kier alpha value is -5.30. The fourth-order valence-electron chi connectivity index (χ4n) is 3.87. The first-order valence-corrected chi connectivity index (χ1v) is 12.9. The number of aryl methyl sites for hydroxylation is 1. The summed E-state index contributed by atoms with van der Waals surface area (Å²) in [5.41, 5.74) is 6.48. The third-order valence-electron chi connectivity index (χ3n) is 6.06. The number of carbonyl (C=O) groups excluding carboxylic acids is 2. The molecule has 0 N–H and O–H groups in total. The predicted molar refractivity (Wildman–Crippen MR) is 159 cm³/mol. The van der Waals surface area contributed by atoms with E-state index in [0.29, 0.717) is 17.1 Å². The van der Waals surface area contributed by atoms with Crippen LogP contribution in [0.15, 0.2) is 122 Å². The van der Waals surface area contributed by atoms with Crippen molar-refractivity contribution in [2.45, 2.75) is 13.8 Å². The molecule has 4 aromatic rings. The first kappa shape index (κ1) is 28.7. The van der Waals surface area contributed by atoms with Crippen LogP contribution in [0.2, 0.25) is 0 Å². The molecule has 4 rings (SSSR count). The van der Waals surface area contributed by atoms with Gasteiger partial charge in [0.15, 0.2) is 0 Å². The third-order valence-corrected chi connectivity index (χ3v) is 6.06. The zero-order valence-corrected chi connectivity index (χ0v) is 23.0. The fourth-order valence-corrected chi connectivity index (χ4v) is 3.87. The van der Waals surface area contributed by atoms with Crippen LogP contribution in [0.4, 0.5) is 17.1 Å². The van der Waals surface area contributed by atoms with Gasteiger partial charge in [0.2, 0.25) is 13.6 Å². The lowest BCUT2D eigenvalue weighted by atomic mass is 10.0. The van der Waals surface area contributed by atoms with Gasteiger partial charge in [0.1, 0.15) is 11.5 Å². The van der Waals surface area contributed by atoms with Crippen LogP contribution in [0.1, 0.15) is 12.5 Å². The molecule has 0 aliphatic rings. The number of hydrogen-bond acceptors (Lipinski definition) is 7. The summed E-state index contributed by atoms with van der Waals surface area (Å²) in [4.78, 5) is 25.0. The molecule has 0 heterocycles. The fraction of sp³-hybridized carbons (Fsp3) is 0.118. The summed E-state index contributed by atoms with van der Waals surface area (Å²) in [5, 5.41) is 0. The van der Waals surface area contributed by atoms with Crippen LogP contribution in [-0.4, -0.2) is 25.5 Å².